The van der Waals surface area contributed by atoms with Crippen LogP contribution in [0.3, 0.4) is 0 Å². The lowest BCUT2D eigenvalue weighted by molar-refractivity contribution is -0.131. The third kappa shape index (κ3) is 3.69. The van der Waals surface area contributed by atoms with Gasteiger partial charge in [-0.25, -0.2) is 4.98 Å². The van der Waals surface area contributed by atoms with Crippen molar-refractivity contribution in [1.29, 1.82) is 0 Å². The fourth-order valence-corrected chi connectivity index (χ4v) is 4.96. The molecule has 2 fully saturated rings. The predicted octanol–water partition coefficient (Wildman–Crippen LogP) is 2.24. The van der Waals surface area contributed by atoms with Crippen LogP contribution in [0, 0.1) is 11.3 Å². The molecule has 0 radical (unpaired) electrons. The zero-order chi connectivity index (χ0) is 19.7. The summed E-state index contributed by atoms with van der Waals surface area (Å²) in [6.45, 7) is 7.59. The van der Waals surface area contributed by atoms with E-state index < -0.39 is 0 Å². The molecular weight excluding hydrogens is 372 g/mol. The molecule has 0 bridgehead atoms. The molecule has 7 heteroatoms. The maximum Gasteiger partial charge on any atom is 0.273 e. The van der Waals surface area contributed by atoms with Crippen LogP contribution < -0.4 is 5.32 Å². The van der Waals surface area contributed by atoms with Crippen molar-refractivity contribution < 1.29 is 9.59 Å². The van der Waals surface area contributed by atoms with Crippen LogP contribution in [0.15, 0.2) is 41.2 Å². The average Bonchev–Trinajstić information content (AvgIpc) is 3.28. The maximum atomic E-state index is 12.9. The summed E-state index contributed by atoms with van der Waals surface area (Å²) in [5.41, 5.74) is 3.26. The van der Waals surface area contributed by atoms with Gasteiger partial charge in [0, 0.05) is 49.6 Å². The van der Waals surface area contributed by atoms with Gasteiger partial charge in [0.1, 0.15) is 5.69 Å². The van der Waals surface area contributed by atoms with E-state index in [1.165, 1.54) is 16.9 Å². The molecule has 2 saturated heterocycles. The standard InChI is InChI=1S/C21H26N4O2S/c1-15(2)23-19(26)17-9-24(8-16-6-4-3-5-7-16)11-21(17)12-25(13-21)20(27)18-10-28-14-22-18/h3-7,10,14-15,17H,8-9,11-13H2,1-2H3,(H,23,26). The first-order valence-electron chi connectivity index (χ1n) is 9.71. The Morgan fingerprint density at radius 3 is 2.64 bits per heavy atom. The SMILES string of the molecule is CC(C)NC(=O)C1CN(Cc2ccccc2)CC12CN(C(=O)c1cscn1)C2. The van der Waals surface area contributed by atoms with E-state index in [9.17, 15) is 9.59 Å². The minimum atomic E-state index is -0.167. The molecule has 1 N–H and O–H groups in total. The van der Waals surface area contributed by atoms with Gasteiger partial charge >= 0.3 is 0 Å². The fourth-order valence-electron chi connectivity index (χ4n) is 4.44. The summed E-state index contributed by atoms with van der Waals surface area (Å²) in [6.07, 6.45) is 0. The van der Waals surface area contributed by atoms with Crippen LogP contribution in [0.4, 0.5) is 0 Å². The largest absolute Gasteiger partial charge is 0.354 e. The number of hydrogen-bond acceptors (Lipinski definition) is 5. The highest BCUT2D eigenvalue weighted by molar-refractivity contribution is 7.07. The van der Waals surface area contributed by atoms with E-state index in [1.807, 2.05) is 36.9 Å². The minimum Gasteiger partial charge on any atom is -0.354 e. The van der Waals surface area contributed by atoms with E-state index >= 15 is 0 Å². The number of rotatable bonds is 5. The number of aromatic nitrogens is 1. The third-order valence-corrected chi connectivity index (χ3v) is 6.25. The van der Waals surface area contributed by atoms with Crippen molar-refractivity contribution in [2.45, 2.75) is 26.4 Å². The van der Waals surface area contributed by atoms with Crippen molar-refractivity contribution in [1.82, 2.24) is 20.1 Å². The van der Waals surface area contributed by atoms with Gasteiger partial charge in [-0.05, 0) is 19.4 Å². The molecule has 148 valence electrons. The number of thiazole rings is 1. The molecule has 0 saturated carbocycles. The Morgan fingerprint density at radius 1 is 1.25 bits per heavy atom. The van der Waals surface area contributed by atoms with Crippen LogP contribution >= 0.6 is 11.3 Å². The van der Waals surface area contributed by atoms with Gasteiger partial charge in [0.2, 0.25) is 5.91 Å². The summed E-state index contributed by atoms with van der Waals surface area (Å²) in [6, 6.07) is 10.5. The van der Waals surface area contributed by atoms with Crippen molar-refractivity contribution in [2.75, 3.05) is 26.2 Å². The number of nitrogens with one attached hydrogen (secondary N) is 1. The van der Waals surface area contributed by atoms with Gasteiger partial charge < -0.3 is 10.2 Å². The first kappa shape index (κ1) is 19.1. The summed E-state index contributed by atoms with van der Waals surface area (Å²) in [5, 5.41) is 4.87. The molecule has 1 atom stereocenters. The highest BCUT2D eigenvalue weighted by Gasteiger charge is 2.57. The summed E-state index contributed by atoms with van der Waals surface area (Å²) in [4.78, 5) is 33.8. The van der Waals surface area contributed by atoms with E-state index in [0.717, 1.165) is 19.6 Å². The van der Waals surface area contributed by atoms with Crippen LogP contribution in [0.5, 0.6) is 0 Å². The second-order valence-electron chi connectivity index (χ2n) is 8.27. The topological polar surface area (TPSA) is 65.5 Å². The van der Waals surface area contributed by atoms with Crippen LogP contribution in [0.25, 0.3) is 0 Å². The molecule has 0 aliphatic carbocycles. The van der Waals surface area contributed by atoms with Gasteiger partial charge in [-0.1, -0.05) is 30.3 Å². The highest BCUT2D eigenvalue weighted by Crippen LogP contribution is 2.45. The molecule has 2 amide bonds. The molecule has 1 aromatic heterocycles. The normalized spacial score (nSPS) is 21.1. The summed E-state index contributed by atoms with van der Waals surface area (Å²) >= 11 is 1.43. The van der Waals surface area contributed by atoms with E-state index in [2.05, 4.69) is 27.3 Å². The number of amides is 2. The Hall–Kier alpha value is -2.25. The molecule has 1 spiro atoms. The Bertz CT molecular complexity index is 831. The van der Waals surface area contributed by atoms with E-state index in [4.69, 9.17) is 0 Å². The quantitative estimate of drug-likeness (QED) is 0.839. The molecule has 2 aliphatic heterocycles. The zero-order valence-electron chi connectivity index (χ0n) is 16.3. The Morgan fingerprint density at radius 2 is 2.00 bits per heavy atom. The number of benzene rings is 1. The monoisotopic (exact) mass is 398 g/mol. The number of carbonyl (C=O) groups excluding carboxylic acids is 2. The van der Waals surface area contributed by atoms with Gasteiger partial charge in [-0.3, -0.25) is 14.5 Å². The Kier molecular flexibility index (Phi) is 5.21. The Labute approximate surface area is 169 Å². The second kappa shape index (κ2) is 7.64. The van der Waals surface area contributed by atoms with Crippen LogP contribution in [0.2, 0.25) is 0 Å². The van der Waals surface area contributed by atoms with Crippen molar-refractivity contribution in [3.05, 3.63) is 52.5 Å². The molecule has 3 heterocycles. The minimum absolute atomic E-state index is 0.0311. The van der Waals surface area contributed by atoms with Crippen molar-refractivity contribution >= 4 is 23.2 Å². The molecule has 2 aliphatic rings. The summed E-state index contributed by atoms with van der Waals surface area (Å²) in [7, 11) is 0. The lowest BCUT2D eigenvalue weighted by Gasteiger charge is -2.50. The van der Waals surface area contributed by atoms with Gasteiger partial charge in [0.05, 0.1) is 11.4 Å². The lowest BCUT2D eigenvalue weighted by Crippen LogP contribution is -2.64. The summed E-state index contributed by atoms with van der Waals surface area (Å²) < 4.78 is 0. The smallest absolute Gasteiger partial charge is 0.273 e. The van der Waals surface area contributed by atoms with E-state index in [0.29, 0.717) is 18.8 Å². The number of nitrogens with zero attached hydrogens (tertiary/aromatic N) is 3. The van der Waals surface area contributed by atoms with Crippen LogP contribution in [-0.4, -0.2) is 58.8 Å². The second-order valence-corrected chi connectivity index (χ2v) is 8.99. The van der Waals surface area contributed by atoms with Gasteiger partial charge in [0.15, 0.2) is 0 Å². The van der Waals surface area contributed by atoms with Crippen molar-refractivity contribution in [2.24, 2.45) is 11.3 Å². The van der Waals surface area contributed by atoms with E-state index in [1.54, 1.807) is 10.9 Å². The third-order valence-electron chi connectivity index (χ3n) is 5.67. The average molecular weight is 399 g/mol. The molecule has 4 rings (SSSR count). The molecule has 2 aromatic rings. The van der Waals surface area contributed by atoms with Gasteiger partial charge in [-0.2, -0.15) is 0 Å². The first-order chi connectivity index (χ1) is 13.5. The van der Waals surface area contributed by atoms with Crippen molar-refractivity contribution in [3.63, 3.8) is 0 Å². The highest BCUT2D eigenvalue weighted by atomic mass is 32.1. The fraction of sp³-hybridized carbons (Fsp3) is 0.476. The Balaban J connectivity index is 1.48. The zero-order valence-corrected chi connectivity index (χ0v) is 17.1. The van der Waals surface area contributed by atoms with Gasteiger partial charge in [-0.15, -0.1) is 11.3 Å². The van der Waals surface area contributed by atoms with Crippen LogP contribution in [0.1, 0.15) is 29.9 Å². The molecular formula is C21H26N4O2S. The predicted molar refractivity (Wildman–Crippen MR) is 109 cm³/mol. The molecule has 1 unspecified atom stereocenters. The molecule has 1 aromatic carbocycles. The van der Waals surface area contributed by atoms with Gasteiger partial charge in [0.25, 0.3) is 5.91 Å². The number of likely N-dealkylation sites (tertiary alicyclic amines) is 2. The molecule has 6 nitrogen and oxygen atoms in total. The number of carbonyl (C=O) groups is 2. The molecule has 28 heavy (non-hydrogen) atoms. The maximum absolute atomic E-state index is 12.9. The van der Waals surface area contributed by atoms with Crippen LogP contribution in [-0.2, 0) is 11.3 Å². The van der Waals surface area contributed by atoms with Crippen molar-refractivity contribution in [3.8, 4) is 0 Å². The summed E-state index contributed by atoms with van der Waals surface area (Å²) in [5.74, 6) is -0.0270. The lowest BCUT2D eigenvalue weighted by atomic mass is 9.71. The number of hydrogen-bond donors (Lipinski definition) is 1. The first-order valence-corrected chi connectivity index (χ1v) is 10.7. The van der Waals surface area contributed by atoms with E-state index in [-0.39, 0.29) is 29.2 Å².